The highest BCUT2D eigenvalue weighted by molar-refractivity contribution is 7.17. The number of aliphatic hydroxyl groups is 1. The van der Waals surface area contributed by atoms with Crippen LogP contribution >= 0.6 is 11.3 Å². The van der Waals surface area contributed by atoms with Gasteiger partial charge in [-0.3, -0.25) is 0 Å². The minimum Gasteiger partial charge on any atom is -0.475 e. The third-order valence-electron chi connectivity index (χ3n) is 3.40. The number of pyridine rings is 1. The standard InChI is InChI=1S/C15H21N3O2S/c1-15(2,19)10-20-13-9-12-11(3-8-21-12)14(17-13)18-6-4-16-5-7-18/h3,8-9,16,19H,4-7,10H2,1-2H3. The van der Waals surface area contributed by atoms with Crippen molar-refractivity contribution in [2.45, 2.75) is 19.4 Å². The van der Waals surface area contributed by atoms with Crippen LogP contribution in [0.4, 0.5) is 5.82 Å². The van der Waals surface area contributed by atoms with Gasteiger partial charge in [0.15, 0.2) is 0 Å². The third kappa shape index (κ3) is 3.45. The number of fused-ring (bicyclic) bond motifs is 1. The van der Waals surface area contributed by atoms with E-state index < -0.39 is 5.60 Å². The van der Waals surface area contributed by atoms with Crippen molar-refractivity contribution in [3.8, 4) is 5.88 Å². The van der Waals surface area contributed by atoms with Crippen molar-refractivity contribution >= 4 is 27.2 Å². The quantitative estimate of drug-likeness (QED) is 0.903. The van der Waals surface area contributed by atoms with Gasteiger partial charge < -0.3 is 20.1 Å². The van der Waals surface area contributed by atoms with Gasteiger partial charge in [-0.2, -0.15) is 4.98 Å². The summed E-state index contributed by atoms with van der Waals surface area (Å²) in [6.07, 6.45) is 0. The Hall–Kier alpha value is -1.37. The second kappa shape index (κ2) is 5.79. The maximum absolute atomic E-state index is 9.80. The molecule has 0 radical (unpaired) electrons. The van der Waals surface area contributed by atoms with E-state index in [9.17, 15) is 5.11 Å². The maximum Gasteiger partial charge on any atom is 0.216 e. The van der Waals surface area contributed by atoms with Crippen molar-refractivity contribution in [2.75, 3.05) is 37.7 Å². The van der Waals surface area contributed by atoms with Gasteiger partial charge in [0.1, 0.15) is 12.4 Å². The Morgan fingerprint density at radius 3 is 2.90 bits per heavy atom. The van der Waals surface area contributed by atoms with E-state index in [1.807, 2.05) is 6.07 Å². The summed E-state index contributed by atoms with van der Waals surface area (Å²) in [4.78, 5) is 6.97. The number of hydrogen-bond acceptors (Lipinski definition) is 6. The summed E-state index contributed by atoms with van der Waals surface area (Å²) in [7, 11) is 0. The Kier molecular flexibility index (Phi) is 4.01. The van der Waals surface area contributed by atoms with Gasteiger partial charge in [-0.25, -0.2) is 0 Å². The zero-order chi connectivity index (χ0) is 14.9. The van der Waals surface area contributed by atoms with E-state index in [4.69, 9.17) is 4.74 Å². The Morgan fingerprint density at radius 2 is 2.19 bits per heavy atom. The molecule has 1 saturated heterocycles. The molecule has 0 saturated carbocycles. The van der Waals surface area contributed by atoms with E-state index in [0.29, 0.717) is 5.88 Å². The number of nitrogens with one attached hydrogen (secondary N) is 1. The van der Waals surface area contributed by atoms with Gasteiger partial charge >= 0.3 is 0 Å². The van der Waals surface area contributed by atoms with Crippen LogP contribution < -0.4 is 15.0 Å². The molecule has 0 amide bonds. The van der Waals surface area contributed by atoms with Crippen LogP contribution in [-0.2, 0) is 0 Å². The lowest BCUT2D eigenvalue weighted by atomic mass is 10.2. The number of aromatic nitrogens is 1. The fourth-order valence-electron chi connectivity index (χ4n) is 2.37. The first kappa shape index (κ1) is 14.6. The van der Waals surface area contributed by atoms with Crippen LogP contribution in [-0.4, -0.2) is 48.5 Å². The molecule has 0 aliphatic carbocycles. The normalized spacial score (nSPS) is 16.4. The minimum atomic E-state index is -0.860. The Morgan fingerprint density at radius 1 is 1.43 bits per heavy atom. The van der Waals surface area contributed by atoms with E-state index in [2.05, 4.69) is 26.6 Å². The fourth-order valence-corrected chi connectivity index (χ4v) is 3.17. The molecule has 1 aliphatic rings. The van der Waals surface area contributed by atoms with E-state index in [-0.39, 0.29) is 6.61 Å². The zero-order valence-corrected chi connectivity index (χ0v) is 13.2. The van der Waals surface area contributed by atoms with E-state index in [1.165, 1.54) is 10.1 Å². The number of hydrogen-bond donors (Lipinski definition) is 2. The molecule has 0 atom stereocenters. The fraction of sp³-hybridized carbons (Fsp3) is 0.533. The minimum absolute atomic E-state index is 0.234. The summed E-state index contributed by atoms with van der Waals surface area (Å²) < 4.78 is 6.85. The number of thiophene rings is 1. The number of piperazine rings is 1. The van der Waals surface area contributed by atoms with Gasteiger partial charge in [-0.05, 0) is 25.3 Å². The summed E-state index contributed by atoms with van der Waals surface area (Å²) in [5, 5.41) is 16.4. The molecule has 21 heavy (non-hydrogen) atoms. The van der Waals surface area contributed by atoms with Gasteiger partial charge in [0.05, 0.1) is 5.60 Å². The Labute approximate surface area is 128 Å². The Bertz CT molecular complexity index is 615. The summed E-state index contributed by atoms with van der Waals surface area (Å²) in [6.45, 7) is 7.55. The lowest BCUT2D eigenvalue weighted by Gasteiger charge is -2.29. The van der Waals surface area contributed by atoms with Crippen LogP contribution in [0.1, 0.15) is 13.8 Å². The largest absolute Gasteiger partial charge is 0.475 e. The van der Waals surface area contributed by atoms with Crippen molar-refractivity contribution in [2.24, 2.45) is 0 Å². The molecule has 2 aromatic rings. The molecular formula is C15H21N3O2S. The van der Waals surface area contributed by atoms with Crippen molar-refractivity contribution in [1.82, 2.24) is 10.3 Å². The molecule has 0 aromatic carbocycles. The third-order valence-corrected chi connectivity index (χ3v) is 4.26. The van der Waals surface area contributed by atoms with E-state index in [0.717, 1.165) is 32.0 Å². The van der Waals surface area contributed by atoms with E-state index >= 15 is 0 Å². The Balaban J connectivity index is 1.91. The highest BCUT2D eigenvalue weighted by atomic mass is 32.1. The van der Waals surface area contributed by atoms with Crippen LogP contribution in [0.2, 0.25) is 0 Å². The number of ether oxygens (including phenoxy) is 1. The van der Waals surface area contributed by atoms with Gasteiger partial charge in [-0.15, -0.1) is 11.3 Å². The molecule has 114 valence electrons. The number of rotatable bonds is 4. The lowest BCUT2D eigenvalue weighted by Crippen LogP contribution is -2.44. The molecule has 0 bridgehead atoms. The summed E-state index contributed by atoms with van der Waals surface area (Å²) >= 11 is 1.69. The van der Waals surface area contributed by atoms with Crippen LogP contribution in [0.5, 0.6) is 5.88 Å². The molecule has 1 aliphatic heterocycles. The van der Waals surface area contributed by atoms with Crippen LogP contribution in [0.3, 0.4) is 0 Å². The van der Waals surface area contributed by atoms with Gasteiger partial charge in [0, 0.05) is 42.3 Å². The number of nitrogens with zero attached hydrogens (tertiary/aromatic N) is 2. The monoisotopic (exact) mass is 307 g/mol. The molecular weight excluding hydrogens is 286 g/mol. The van der Waals surface area contributed by atoms with Crippen LogP contribution in [0.15, 0.2) is 17.5 Å². The lowest BCUT2D eigenvalue weighted by molar-refractivity contribution is 0.0269. The van der Waals surface area contributed by atoms with Gasteiger partial charge in [0.25, 0.3) is 0 Å². The maximum atomic E-state index is 9.80. The van der Waals surface area contributed by atoms with E-state index in [1.54, 1.807) is 25.2 Å². The highest BCUT2D eigenvalue weighted by Crippen LogP contribution is 2.32. The summed E-state index contributed by atoms with van der Waals surface area (Å²) in [5.41, 5.74) is -0.860. The topological polar surface area (TPSA) is 57.6 Å². The smallest absolute Gasteiger partial charge is 0.216 e. The molecule has 0 spiro atoms. The van der Waals surface area contributed by atoms with Gasteiger partial charge in [0.2, 0.25) is 5.88 Å². The van der Waals surface area contributed by atoms with Crippen LogP contribution in [0.25, 0.3) is 10.1 Å². The molecule has 0 unspecified atom stereocenters. The number of anilines is 1. The predicted molar refractivity (Wildman–Crippen MR) is 86.5 cm³/mol. The van der Waals surface area contributed by atoms with Crippen molar-refractivity contribution in [1.29, 1.82) is 0 Å². The first-order valence-corrected chi connectivity index (χ1v) is 8.10. The summed E-state index contributed by atoms with van der Waals surface area (Å²) in [6, 6.07) is 4.07. The van der Waals surface area contributed by atoms with Crippen molar-refractivity contribution < 1.29 is 9.84 Å². The molecule has 5 nitrogen and oxygen atoms in total. The predicted octanol–water partition coefficient (Wildman–Crippen LogP) is 1.86. The summed E-state index contributed by atoms with van der Waals surface area (Å²) in [5.74, 6) is 1.57. The average molecular weight is 307 g/mol. The molecule has 1 fully saturated rings. The van der Waals surface area contributed by atoms with Crippen LogP contribution in [0, 0.1) is 0 Å². The molecule has 3 heterocycles. The molecule has 2 N–H and O–H groups in total. The highest BCUT2D eigenvalue weighted by Gasteiger charge is 2.19. The molecule has 3 rings (SSSR count). The van der Waals surface area contributed by atoms with Gasteiger partial charge in [-0.1, -0.05) is 0 Å². The SMILES string of the molecule is CC(C)(O)COc1cc2sccc2c(N2CCNCC2)n1. The average Bonchev–Trinajstić information content (AvgIpc) is 2.92. The first-order valence-electron chi connectivity index (χ1n) is 7.22. The zero-order valence-electron chi connectivity index (χ0n) is 12.4. The second-order valence-electron chi connectivity index (χ2n) is 5.95. The molecule has 6 heteroatoms. The molecule has 2 aromatic heterocycles. The second-order valence-corrected chi connectivity index (χ2v) is 6.90. The first-order chi connectivity index (χ1) is 10.0. The van der Waals surface area contributed by atoms with Crippen molar-refractivity contribution in [3.63, 3.8) is 0 Å². The van der Waals surface area contributed by atoms with Crippen molar-refractivity contribution in [3.05, 3.63) is 17.5 Å².